The van der Waals surface area contributed by atoms with Crippen molar-refractivity contribution in [3.63, 3.8) is 0 Å². The fraction of sp³-hybridized carbons (Fsp3) is 0. The largest absolute Gasteiger partial charge is 0.508 e. The Morgan fingerprint density at radius 2 is 2.11 bits per heavy atom. The second kappa shape index (κ2) is 4.95. The first-order valence-corrected chi connectivity index (χ1v) is 4.87. The van der Waals surface area contributed by atoms with Gasteiger partial charge < -0.3 is 10.8 Å². The first-order valence-electron chi connectivity index (χ1n) is 4.87. The summed E-state index contributed by atoms with van der Waals surface area (Å²) in [7, 11) is 0. The smallest absolute Gasteiger partial charge is 0.297 e. The summed E-state index contributed by atoms with van der Waals surface area (Å²) in [5.41, 5.74) is 8.13. The number of phenolic OH excluding ortho intramolecular Hbond substituents is 1. The molecule has 92 valence electrons. The number of rotatable bonds is 3. The highest BCUT2D eigenvalue weighted by Crippen LogP contribution is 2.07. The van der Waals surface area contributed by atoms with Crippen LogP contribution in [-0.4, -0.2) is 27.5 Å². The normalized spacial score (nSPS) is 10.7. The fourth-order valence-electron chi connectivity index (χ4n) is 1.13. The van der Waals surface area contributed by atoms with Crippen molar-refractivity contribution < 1.29 is 14.5 Å². The Kier molecular flexibility index (Phi) is 3.19. The van der Waals surface area contributed by atoms with E-state index < -0.39 is 5.91 Å². The van der Waals surface area contributed by atoms with Crippen LogP contribution in [0.2, 0.25) is 0 Å². The van der Waals surface area contributed by atoms with Crippen molar-refractivity contribution in [1.82, 2.24) is 15.7 Å². The number of nitrogens with one attached hydrogen (secondary N) is 1. The molecule has 2 rings (SSSR count). The standard InChI is InChI=1S/C10H9N5O3/c11-9-8(14-18-15-9)10(17)13-12-5-6-1-3-7(16)4-2-6/h1-5,16H,(H2,11,15)(H,13,17)/b12-5-. The maximum Gasteiger partial charge on any atom is 0.297 e. The van der Waals surface area contributed by atoms with Gasteiger partial charge in [-0.25, -0.2) is 10.1 Å². The summed E-state index contributed by atoms with van der Waals surface area (Å²) in [6.45, 7) is 0. The van der Waals surface area contributed by atoms with Crippen LogP contribution < -0.4 is 11.2 Å². The van der Waals surface area contributed by atoms with E-state index >= 15 is 0 Å². The Bertz CT molecular complexity index is 575. The summed E-state index contributed by atoms with van der Waals surface area (Å²) in [5, 5.41) is 19.4. The van der Waals surface area contributed by atoms with E-state index in [1.54, 1.807) is 12.1 Å². The first kappa shape index (κ1) is 11.6. The predicted octanol–water partition coefficient (Wildman–Crippen LogP) is 0.121. The van der Waals surface area contributed by atoms with Gasteiger partial charge in [0.15, 0.2) is 0 Å². The third-order valence-corrected chi connectivity index (χ3v) is 2.00. The van der Waals surface area contributed by atoms with E-state index in [4.69, 9.17) is 10.8 Å². The summed E-state index contributed by atoms with van der Waals surface area (Å²) < 4.78 is 4.28. The van der Waals surface area contributed by atoms with E-state index in [2.05, 4.69) is 25.5 Å². The molecule has 1 aromatic carbocycles. The van der Waals surface area contributed by atoms with Crippen LogP contribution in [0.4, 0.5) is 5.82 Å². The molecule has 0 unspecified atom stereocenters. The summed E-state index contributed by atoms with van der Waals surface area (Å²) in [6.07, 6.45) is 1.40. The second-order valence-corrected chi connectivity index (χ2v) is 3.29. The quantitative estimate of drug-likeness (QED) is 0.522. The van der Waals surface area contributed by atoms with Crippen LogP contribution in [0, 0.1) is 0 Å². The molecule has 18 heavy (non-hydrogen) atoms. The van der Waals surface area contributed by atoms with Crippen molar-refractivity contribution in [2.75, 3.05) is 5.73 Å². The minimum absolute atomic E-state index is 0.104. The van der Waals surface area contributed by atoms with Gasteiger partial charge in [0.2, 0.25) is 11.5 Å². The van der Waals surface area contributed by atoms with Gasteiger partial charge in [0.25, 0.3) is 5.91 Å². The van der Waals surface area contributed by atoms with Crippen molar-refractivity contribution in [2.24, 2.45) is 5.10 Å². The molecule has 4 N–H and O–H groups in total. The summed E-state index contributed by atoms with van der Waals surface area (Å²) >= 11 is 0. The van der Waals surface area contributed by atoms with Crippen molar-refractivity contribution in [2.45, 2.75) is 0 Å². The number of aromatic nitrogens is 2. The van der Waals surface area contributed by atoms with Crippen LogP contribution in [-0.2, 0) is 0 Å². The zero-order valence-corrected chi connectivity index (χ0v) is 9.07. The molecule has 0 aliphatic carbocycles. The molecule has 2 aromatic rings. The Labute approximate surface area is 101 Å². The van der Waals surface area contributed by atoms with Crippen molar-refractivity contribution in [3.8, 4) is 5.75 Å². The second-order valence-electron chi connectivity index (χ2n) is 3.29. The lowest BCUT2D eigenvalue weighted by atomic mass is 10.2. The Morgan fingerprint density at radius 3 is 2.72 bits per heavy atom. The maximum absolute atomic E-state index is 11.5. The maximum atomic E-state index is 11.5. The Morgan fingerprint density at radius 1 is 1.39 bits per heavy atom. The molecule has 0 radical (unpaired) electrons. The number of carbonyl (C=O) groups is 1. The van der Waals surface area contributed by atoms with Gasteiger partial charge in [-0.1, -0.05) is 0 Å². The highest BCUT2D eigenvalue weighted by molar-refractivity contribution is 5.96. The number of anilines is 1. The number of amides is 1. The minimum atomic E-state index is -0.622. The molecular weight excluding hydrogens is 238 g/mol. The number of hydrogen-bond donors (Lipinski definition) is 3. The molecule has 0 aliphatic rings. The highest BCUT2D eigenvalue weighted by atomic mass is 16.6. The molecule has 0 atom stereocenters. The lowest BCUT2D eigenvalue weighted by Gasteiger charge is -1.95. The fourth-order valence-corrected chi connectivity index (χ4v) is 1.13. The molecule has 0 saturated heterocycles. The van der Waals surface area contributed by atoms with E-state index in [1.807, 2.05) is 0 Å². The third kappa shape index (κ3) is 2.61. The van der Waals surface area contributed by atoms with Crippen LogP contribution in [0.5, 0.6) is 5.75 Å². The zero-order valence-electron chi connectivity index (χ0n) is 9.07. The van der Waals surface area contributed by atoms with Gasteiger partial charge >= 0.3 is 0 Å². The first-order chi connectivity index (χ1) is 8.66. The molecule has 0 aliphatic heterocycles. The van der Waals surface area contributed by atoms with Crippen molar-refractivity contribution in [1.29, 1.82) is 0 Å². The summed E-state index contributed by atoms with van der Waals surface area (Å²) in [4.78, 5) is 11.5. The number of nitrogen functional groups attached to an aromatic ring is 1. The van der Waals surface area contributed by atoms with E-state index in [1.165, 1.54) is 18.3 Å². The van der Waals surface area contributed by atoms with Crippen LogP contribution >= 0.6 is 0 Å². The lowest BCUT2D eigenvalue weighted by Crippen LogP contribution is -2.19. The van der Waals surface area contributed by atoms with E-state index in [0.29, 0.717) is 5.56 Å². The SMILES string of the molecule is Nc1nonc1C(=O)N/N=C\c1ccc(O)cc1. The van der Waals surface area contributed by atoms with Gasteiger partial charge in [-0.2, -0.15) is 5.10 Å². The van der Waals surface area contributed by atoms with Crippen LogP contribution in [0.1, 0.15) is 16.1 Å². The van der Waals surface area contributed by atoms with Gasteiger partial charge in [-0.15, -0.1) is 0 Å². The molecule has 8 heteroatoms. The number of benzene rings is 1. The van der Waals surface area contributed by atoms with Gasteiger partial charge in [-0.05, 0) is 40.1 Å². The molecule has 0 fully saturated rings. The van der Waals surface area contributed by atoms with Gasteiger partial charge in [0.1, 0.15) is 5.75 Å². The molecular formula is C10H9N5O3. The van der Waals surface area contributed by atoms with E-state index in [9.17, 15) is 4.79 Å². The van der Waals surface area contributed by atoms with E-state index in [-0.39, 0.29) is 17.3 Å². The highest BCUT2D eigenvalue weighted by Gasteiger charge is 2.14. The number of nitrogens with zero attached hydrogens (tertiary/aromatic N) is 3. The Hall–Kier alpha value is -2.90. The zero-order chi connectivity index (χ0) is 13.0. The molecule has 1 amide bonds. The topological polar surface area (TPSA) is 127 Å². The number of carbonyl (C=O) groups excluding carboxylic acids is 1. The number of nitrogens with two attached hydrogens (primary N) is 1. The molecule has 0 saturated carbocycles. The monoisotopic (exact) mass is 247 g/mol. The molecule has 1 aromatic heterocycles. The number of aromatic hydroxyl groups is 1. The summed E-state index contributed by atoms with van der Waals surface area (Å²) in [6, 6.07) is 6.28. The minimum Gasteiger partial charge on any atom is -0.508 e. The lowest BCUT2D eigenvalue weighted by molar-refractivity contribution is 0.0946. The number of hydrazone groups is 1. The molecule has 8 nitrogen and oxygen atoms in total. The molecule has 0 spiro atoms. The third-order valence-electron chi connectivity index (χ3n) is 2.00. The molecule has 1 heterocycles. The van der Waals surface area contributed by atoms with E-state index in [0.717, 1.165) is 0 Å². The average molecular weight is 247 g/mol. The van der Waals surface area contributed by atoms with Crippen LogP contribution in [0.25, 0.3) is 0 Å². The Balaban J connectivity index is 1.98. The van der Waals surface area contributed by atoms with Crippen molar-refractivity contribution >= 4 is 17.9 Å². The molecule has 0 bridgehead atoms. The number of phenols is 1. The van der Waals surface area contributed by atoms with Crippen LogP contribution in [0.3, 0.4) is 0 Å². The predicted molar refractivity (Wildman–Crippen MR) is 61.9 cm³/mol. The average Bonchev–Trinajstić information content (AvgIpc) is 2.78. The van der Waals surface area contributed by atoms with Gasteiger partial charge in [-0.3, -0.25) is 4.79 Å². The summed E-state index contributed by atoms with van der Waals surface area (Å²) in [5.74, 6) is -0.575. The van der Waals surface area contributed by atoms with Crippen molar-refractivity contribution in [3.05, 3.63) is 35.5 Å². The number of hydrogen-bond acceptors (Lipinski definition) is 7. The van der Waals surface area contributed by atoms with Gasteiger partial charge in [0, 0.05) is 0 Å². The van der Waals surface area contributed by atoms with Crippen LogP contribution in [0.15, 0.2) is 34.0 Å². The van der Waals surface area contributed by atoms with Gasteiger partial charge in [0.05, 0.1) is 6.21 Å².